The molecule has 1 rings (SSSR count). The van der Waals surface area contributed by atoms with Crippen LogP contribution in [0.3, 0.4) is 0 Å². The van der Waals surface area contributed by atoms with E-state index in [1.54, 1.807) is 6.20 Å². The first-order valence-corrected chi connectivity index (χ1v) is 5.63. The van der Waals surface area contributed by atoms with Crippen LogP contribution in [0.1, 0.15) is 18.9 Å². The van der Waals surface area contributed by atoms with Gasteiger partial charge in [-0.15, -0.1) is 24.8 Å². The Morgan fingerprint density at radius 1 is 1.42 bits per heavy atom. The molecule has 0 spiro atoms. The number of hydrogen-bond donors (Lipinski definition) is 2. The molecule has 1 aromatic rings. The standard InChI is InChI=1S/C12H20N4O.2ClH/c1-9(13)6-12(17)15-8-10-4-5-11(14-7-10)16(2)3;;/h4-5,7,9H,6,8,13H2,1-3H3,(H,15,17);2*1H. The van der Waals surface area contributed by atoms with Gasteiger partial charge in [0, 0.05) is 39.3 Å². The van der Waals surface area contributed by atoms with Gasteiger partial charge in [0.1, 0.15) is 5.82 Å². The lowest BCUT2D eigenvalue weighted by molar-refractivity contribution is -0.121. The Kier molecular flexibility index (Phi) is 10.5. The zero-order valence-electron chi connectivity index (χ0n) is 11.4. The van der Waals surface area contributed by atoms with E-state index >= 15 is 0 Å². The summed E-state index contributed by atoms with van der Waals surface area (Å²) in [4.78, 5) is 17.6. The lowest BCUT2D eigenvalue weighted by atomic mass is 10.2. The van der Waals surface area contributed by atoms with Crippen molar-refractivity contribution >= 4 is 36.5 Å². The van der Waals surface area contributed by atoms with Gasteiger partial charge >= 0.3 is 0 Å². The first kappa shape index (κ1) is 20.3. The van der Waals surface area contributed by atoms with Gasteiger partial charge in [-0.1, -0.05) is 6.07 Å². The van der Waals surface area contributed by atoms with E-state index in [0.29, 0.717) is 13.0 Å². The van der Waals surface area contributed by atoms with Crippen molar-refractivity contribution in [3.05, 3.63) is 23.9 Å². The summed E-state index contributed by atoms with van der Waals surface area (Å²) in [7, 11) is 3.87. The third-order valence-corrected chi connectivity index (χ3v) is 2.26. The topological polar surface area (TPSA) is 71.2 Å². The number of nitrogens with two attached hydrogens (primary N) is 1. The second-order valence-electron chi connectivity index (χ2n) is 4.38. The van der Waals surface area contributed by atoms with E-state index in [1.807, 2.05) is 38.1 Å². The van der Waals surface area contributed by atoms with Gasteiger partial charge in [0.15, 0.2) is 0 Å². The maximum absolute atomic E-state index is 11.4. The lowest BCUT2D eigenvalue weighted by Gasteiger charge is -2.11. The van der Waals surface area contributed by atoms with Gasteiger partial charge in [0.05, 0.1) is 0 Å². The summed E-state index contributed by atoms with van der Waals surface area (Å²) in [5.74, 6) is 0.868. The molecule has 0 radical (unpaired) electrons. The maximum Gasteiger partial charge on any atom is 0.221 e. The first-order chi connectivity index (χ1) is 7.99. The molecule has 0 fully saturated rings. The zero-order valence-corrected chi connectivity index (χ0v) is 13.1. The van der Waals surface area contributed by atoms with Gasteiger partial charge in [-0.25, -0.2) is 4.98 Å². The van der Waals surface area contributed by atoms with Crippen molar-refractivity contribution in [2.75, 3.05) is 19.0 Å². The second-order valence-corrected chi connectivity index (χ2v) is 4.38. The predicted molar refractivity (Wildman–Crippen MR) is 83.2 cm³/mol. The quantitative estimate of drug-likeness (QED) is 0.861. The molecule has 7 heteroatoms. The summed E-state index contributed by atoms with van der Waals surface area (Å²) in [6, 6.07) is 3.77. The molecule has 1 heterocycles. The normalized spacial score (nSPS) is 10.7. The molecule has 3 N–H and O–H groups in total. The number of carbonyl (C=O) groups excluding carboxylic acids is 1. The smallest absolute Gasteiger partial charge is 0.221 e. The number of pyridine rings is 1. The molecule has 19 heavy (non-hydrogen) atoms. The van der Waals surface area contributed by atoms with E-state index in [1.165, 1.54) is 0 Å². The van der Waals surface area contributed by atoms with Crippen molar-refractivity contribution in [2.24, 2.45) is 5.73 Å². The number of amides is 1. The second kappa shape index (κ2) is 9.83. The van der Waals surface area contributed by atoms with Crippen molar-refractivity contribution < 1.29 is 4.79 Å². The van der Waals surface area contributed by atoms with Crippen molar-refractivity contribution in [1.29, 1.82) is 0 Å². The summed E-state index contributed by atoms with van der Waals surface area (Å²) < 4.78 is 0. The fourth-order valence-corrected chi connectivity index (χ4v) is 1.35. The van der Waals surface area contributed by atoms with Crippen molar-refractivity contribution in [1.82, 2.24) is 10.3 Å². The molecule has 0 aromatic carbocycles. The zero-order chi connectivity index (χ0) is 12.8. The molecule has 0 aliphatic rings. The molecule has 1 aromatic heterocycles. The van der Waals surface area contributed by atoms with Crippen LogP contribution in [0, 0.1) is 0 Å². The van der Waals surface area contributed by atoms with E-state index in [4.69, 9.17) is 5.73 Å². The number of carbonyl (C=O) groups is 1. The minimum absolute atomic E-state index is 0. The molecular weight excluding hydrogens is 287 g/mol. The molecule has 1 atom stereocenters. The summed E-state index contributed by atoms with van der Waals surface area (Å²) in [5, 5.41) is 2.81. The average Bonchev–Trinajstić information content (AvgIpc) is 2.26. The van der Waals surface area contributed by atoms with E-state index in [9.17, 15) is 4.79 Å². The Morgan fingerprint density at radius 2 is 2.05 bits per heavy atom. The number of nitrogens with one attached hydrogen (secondary N) is 1. The lowest BCUT2D eigenvalue weighted by Crippen LogP contribution is -2.29. The van der Waals surface area contributed by atoms with Gasteiger partial charge in [-0.2, -0.15) is 0 Å². The van der Waals surface area contributed by atoms with Crippen LogP contribution in [0.2, 0.25) is 0 Å². The summed E-state index contributed by atoms with van der Waals surface area (Å²) in [5.41, 5.74) is 6.52. The van der Waals surface area contributed by atoms with Crippen LogP contribution < -0.4 is 16.0 Å². The van der Waals surface area contributed by atoms with Crippen LogP contribution in [0.15, 0.2) is 18.3 Å². The molecule has 0 bridgehead atoms. The molecular formula is C12H22Cl2N4O. The number of hydrogen-bond acceptors (Lipinski definition) is 4. The largest absolute Gasteiger partial charge is 0.363 e. The predicted octanol–water partition coefficient (Wildman–Crippen LogP) is 1.34. The highest BCUT2D eigenvalue weighted by Crippen LogP contribution is 2.07. The van der Waals surface area contributed by atoms with Crippen LogP contribution in [-0.2, 0) is 11.3 Å². The highest BCUT2D eigenvalue weighted by atomic mass is 35.5. The van der Waals surface area contributed by atoms with Gasteiger partial charge in [-0.3, -0.25) is 4.79 Å². The SMILES string of the molecule is CC(N)CC(=O)NCc1ccc(N(C)C)nc1.Cl.Cl. The van der Waals surface area contributed by atoms with E-state index in [0.717, 1.165) is 11.4 Å². The Hall–Kier alpha value is -1.04. The third-order valence-electron chi connectivity index (χ3n) is 2.26. The van der Waals surface area contributed by atoms with Crippen molar-refractivity contribution in [3.63, 3.8) is 0 Å². The molecule has 1 unspecified atom stereocenters. The Bertz CT molecular complexity index is 368. The van der Waals surface area contributed by atoms with Crippen LogP contribution >= 0.6 is 24.8 Å². The Balaban J connectivity index is 0. The molecule has 0 saturated heterocycles. The number of nitrogens with zero attached hydrogens (tertiary/aromatic N) is 2. The van der Waals surface area contributed by atoms with E-state index < -0.39 is 0 Å². The fourth-order valence-electron chi connectivity index (χ4n) is 1.35. The van der Waals surface area contributed by atoms with Crippen LogP contribution in [0.5, 0.6) is 0 Å². The Labute approximate surface area is 126 Å². The minimum atomic E-state index is -0.107. The number of anilines is 1. The first-order valence-electron chi connectivity index (χ1n) is 5.63. The number of halogens is 2. The van der Waals surface area contributed by atoms with E-state index in [2.05, 4.69) is 10.3 Å². The van der Waals surface area contributed by atoms with Crippen LogP contribution in [-0.4, -0.2) is 31.0 Å². The average molecular weight is 309 g/mol. The van der Waals surface area contributed by atoms with Crippen molar-refractivity contribution in [2.45, 2.75) is 25.9 Å². The number of rotatable bonds is 5. The maximum atomic E-state index is 11.4. The number of aromatic nitrogens is 1. The summed E-state index contributed by atoms with van der Waals surface area (Å²) >= 11 is 0. The van der Waals surface area contributed by atoms with Gasteiger partial charge < -0.3 is 16.0 Å². The molecule has 1 amide bonds. The Morgan fingerprint density at radius 3 is 2.47 bits per heavy atom. The molecule has 0 aliphatic heterocycles. The van der Waals surface area contributed by atoms with Crippen LogP contribution in [0.4, 0.5) is 5.82 Å². The highest BCUT2D eigenvalue weighted by Gasteiger charge is 2.04. The molecule has 0 aliphatic carbocycles. The monoisotopic (exact) mass is 308 g/mol. The molecule has 5 nitrogen and oxygen atoms in total. The highest BCUT2D eigenvalue weighted by molar-refractivity contribution is 5.85. The van der Waals surface area contributed by atoms with Gasteiger partial charge in [0.25, 0.3) is 0 Å². The minimum Gasteiger partial charge on any atom is -0.363 e. The third kappa shape index (κ3) is 7.87. The summed E-state index contributed by atoms with van der Waals surface area (Å²) in [6.07, 6.45) is 2.12. The van der Waals surface area contributed by atoms with Crippen molar-refractivity contribution in [3.8, 4) is 0 Å². The fraction of sp³-hybridized carbons (Fsp3) is 0.500. The molecule has 110 valence electrons. The van der Waals surface area contributed by atoms with E-state index in [-0.39, 0.29) is 36.8 Å². The summed E-state index contributed by atoms with van der Waals surface area (Å²) in [6.45, 7) is 2.30. The van der Waals surface area contributed by atoms with Gasteiger partial charge in [-0.05, 0) is 18.6 Å². The molecule has 0 saturated carbocycles. The van der Waals surface area contributed by atoms with Crippen LogP contribution in [0.25, 0.3) is 0 Å². The van der Waals surface area contributed by atoms with Gasteiger partial charge in [0.2, 0.25) is 5.91 Å².